The third-order valence-electron chi connectivity index (χ3n) is 7.83. The number of nitrogens with zero attached hydrogens (tertiary/aromatic N) is 3. The maximum Gasteiger partial charge on any atom is 0.272 e. The molecule has 0 aliphatic carbocycles. The van der Waals surface area contributed by atoms with Gasteiger partial charge in [-0.25, -0.2) is 4.98 Å². The van der Waals surface area contributed by atoms with Gasteiger partial charge in [0.05, 0.1) is 31.8 Å². The highest BCUT2D eigenvalue weighted by molar-refractivity contribution is 6.02. The summed E-state index contributed by atoms with van der Waals surface area (Å²) in [4.78, 5) is 48.8. The lowest BCUT2D eigenvalue weighted by Gasteiger charge is -2.44. The molecule has 10 heteroatoms. The van der Waals surface area contributed by atoms with Crippen molar-refractivity contribution in [1.29, 1.82) is 0 Å². The largest absolute Gasteiger partial charge is 0.496 e. The molecule has 0 saturated carbocycles. The van der Waals surface area contributed by atoms with Crippen molar-refractivity contribution < 1.29 is 28.6 Å². The maximum atomic E-state index is 13.5. The first-order chi connectivity index (χ1) is 19.8. The Bertz CT molecular complexity index is 1710. The fourth-order valence-electron chi connectivity index (χ4n) is 5.60. The van der Waals surface area contributed by atoms with E-state index in [1.807, 2.05) is 18.2 Å². The number of Topliss-reactive ketones (excluding diaryl/α,β-unsaturated/α-hetero) is 1. The molecule has 2 aromatic carbocycles. The van der Waals surface area contributed by atoms with Crippen molar-refractivity contribution in [3.63, 3.8) is 0 Å². The van der Waals surface area contributed by atoms with Gasteiger partial charge < -0.3 is 24.8 Å². The maximum absolute atomic E-state index is 13.5. The van der Waals surface area contributed by atoms with E-state index in [4.69, 9.17) is 19.9 Å². The summed E-state index contributed by atoms with van der Waals surface area (Å²) < 4.78 is 17.4. The number of hydrogen-bond acceptors (Lipinski definition) is 8. The van der Waals surface area contributed by atoms with E-state index in [0.29, 0.717) is 65.4 Å². The molecule has 41 heavy (non-hydrogen) atoms. The van der Waals surface area contributed by atoms with E-state index in [1.54, 1.807) is 55.6 Å². The van der Waals surface area contributed by atoms with Crippen LogP contribution in [0, 0.1) is 0 Å². The lowest BCUT2D eigenvalue weighted by atomic mass is 9.82. The second-order valence-electron chi connectivity index (χ2n) is 10.3. The number of rotatable bonds is 5. The predicted octanol–water partition coefficient (Wildman–Crippen LogP) is 4.05. The molecule has 2 aliphatic rings. The first kappa shape index (κ1) is 26.2. The van der Waals surface area contributed by atoms with Crippen molar-refractivity contribution >= 4 is 28.5 Å². The summed E-state index contributed by atoms with van der Waals surface area (Å²) in [6, 6.07) is 14.2. The molecule has 1 fully saturated rings. The van der Waals surface area contributed by atoms with Crippen LogP contribution in [0.25, 0.3) is 22.0 Å². The van der Waals surface area contributed by atoms with Gasteiger partial charge in [0.2, 0.25) is 5.91 Å². The van der Waals surface area contributed by atoms with Gasteiger partial charge in [-0.3, -0.25) is 19.4 Å². The average molecular weight is 553 g/mol. The highest BCUT2D eigenvalue weighted by Crippen LogP contribution is 2.41. The van der Waals surface area contributed by atoms with E-state index in [2.05, 4.69) is 9.97 Å². The standard InChI is InChI=1S/C31H28N4O6/c1-39-26-5-3-4-21-27(40-2)14-23(34-28(21)26)30(38)35-10-8-31(9-11-35)15-24(36)22-13-18(6-7-25(22)41-31)19-12-20(29(32)37)17-33-16-19/h3-7,12-14,16-17H,8-11,15H2,1-2H3,(H2,32,37). The first-order valence-electron chi connectivity index (χ1n) is 13.2. The van der Waals surface area contributed by atoms with Crippen molar-refractivity contribution in [1.82, 2.24) is 14.9 Å². The van der Waals surface area contributed by atoms with E-state index in [-0.39, 0.29) is 23.8 Å². The lowest BCUT2D eigenvalue weighted by molar-refractivity contribution is -0.00584. The van der Waals surface area contributed by atoms with Crippen molar-refractivity contribution in [2.75, 3.05) is 27.3 Å². The second kappa shape index (κ2) is 10.2. The summed E-state index contributed by atoms with van der Waals surface area (Å²) in [5.74, 6) is 0.793. The van der Waals surface area contributed by atoms with Crippen LogP contribution < -0.4 is 19.9 Å². The number of hydrogen-bond donors (Lipinski definition) is 1. The molecule has 2 amide bonds. The highest BCUT2D eigenvalue weighted by atomic mass is 16.5. The number of amides is 2. The Labute approximate surface area is 236 Å². The van der Waals surface area contributed by atoms with E-state index < -0.39 is 11.5 Å². The molecule has 1 spiro atoms. The first-order valence-corrected chi connectivity index (χ1v) is 13.2. The molecule has 0 unspecified atom stereocenters. The van der Waals surface area contributed by atoms with Crippen molar-refractivity contribution in [2.24, 2.45) is 5.73 Å². The fourth-order valence-corrected chi connectivity index (χ4v) is 5.60. The number of ketones is 1. The van der Waals surface area contributed by atoms with Gasteiger partial charge in [-0.1, -0.05) is 12.1 Å². The molecule has 10 nitrogen and oxygen atoms in total. The van der Waals surface area contributed by atoms with Crippen LogP contribution in [-0.4, -0.2) is 65.4 Å². The number of primary amides is 1. The second-order valence-corrected chi connectivity index (χ2v) is 10.3. The lowest BCUT2D eigenvalue weighted by Crippen LogP contribution is -2.52. The van der Waals surface area contributed by atoms with Gasteiger partial charge in [0.25, 0.3) is 5.91 Å². The number of carbonyl (C=O) groups is 3. The number of ether oxygens (including phenoxy) is 3. The molecule has 4 heterocycles. The normalized spacial score (nSPS) is 15.8. The Balaban J connectivity index is 1.20. The molecule has 208 valence electrons. The topological polar surface area (TPSA) is 134 Å². The number of piperidine rings is 1. The number of nitrogens with two attached hydrogens (primary N) is 1. The van der Waals surface area contributed by atoms with Crippen molar-refractivity contribution in [2.45, 2.75) is 24.9 Å². The Morgan fingerprint density at radius 3 is 2.49 bits per heavy atom. The predicted molar refractivity (Wildman–Crippen MR) is 150 cm³/mol. The summed E-state index contributed by atoms with van der Waals surface area (Å²) in [5, 5.41) is 0.758. The van der Waals surface area contributed by atoms with Gasteiger partial charge in [0, 0.05) is 55.3 Å². The Morgan fingerprint density at radius 1 is 0.976 bits per heavy atom. The quantitative estimate of drug-likeness (QED) is 0.392. The molecular formula is C31H28N4O6. The monoisotopic (exact) mass is 552 g/mol. The molecule has 2 aliphatic heterocycles. The molecular weight excluding hydrogens is 524 g/mol. The summed E-state index contributed by atoms with van der Waals surface area (Å²) in [5.41, 5.74) is 7.72. The third kappa shape index (κ3) is 4.71. The Hall–Kier alpha value is -4.99. The smallest absolute Gasteiger partial charge is 0.272 e. The number of aromatic nitrogens is 2. The van der Waals surface area contributed by atoms with Crippen molar-refractivity contribution in [3.8, 4) is 28.4 Å². The molecule has 0 radical (unpaired) electrons. The van der Waals surface area contributed by atoms with Crippen LogP contribution >= 0.6 is 0 Å². The summed E-state index contributed by atoms with van der Waals surface area (Å²) in [6.07, 6.45) is 4.24. The minimum absolute atomic E-state index is 0.0279. The average Bonchev–Trinajstić information content (AvgIpc) is 3.00. The number of fused-ring (bicyclic) bond motifs is 2. The van der Waals surface area contributed by atoms with Gasteiger partial charge in [0.15, 0.2) is 5.78 Å². The number of benzene rings is 2. The van der Waals surface area contributed by atoms with Crippen molar-refractivity contribution in [3.05, 3.63) is 77.7 Å². The van der Waals surface area contributed by atoms with Crippen LogP contribution in [0.2, 0.25) is 0 Å². The minimum atomic E-state index is -0.687. The zero-order valence-electron chi connectivity index (χ0n) is 22.7. The molecule has 4 aromatic rings. The molecule has 0 atom stereocenters. The zero-order valence-corrected chi connectivity index (χ0v) is 22.7. The van der Waals surface area contributed by atoms with Crippen LogP contribution in [0.4, 0.5) is 0 Å². The van der Waals surface area contributed by atoms with Crippen LogP contribution in [0.15, 0.2) is 60.9 Å². The number of methoxy groups -OCH3 is 2. The molecule has 2 aromatic heterocycles. The van der Waals surface area contributed by atoms with E-state index in [9.17, 15) is 14.4 Å². The minimum Gasteiger partial charge on any atom is -0.496 e. The Kier molecular flexibility index (Phi) is 6.53. The van der Waals surface area contributed by atoms with Gasteiger partial charge in [-0.2, -0.15) is 0 Å². The van der Waals surface area contributed by atoms with Gasteiger partial charge in [0.1, 0.15) is 34.1 Å². The van der Waals surface area contributed by atoms with Gasteiger partial charge >= 0.3 is 0 Å². The third-order valence-corrected chi connectivity index (χ3v) is 7.83. The number of para-hydroxylation sites is 1. The highest BCUT2D eigenvalue weighted by Gasteiger charge is 2.44. The number of carbonyl (C=O) groups excluding carboxylic acids is 3. The fraction of sp³-hybridized carbons (Fsp3) is 0.258. The summed E-state index contributed by atoms with van der Waals surface area (Å²) in [6.45, 7) is 0.831. The van der Waals surface area contributed by atoms with E-state index in [1.165, 1.54) is 6.20 Å². The van der Waals surface area contributed by atoms with Gasteiger partial charge in [-0.15, -0.1) is 0 Å². The van der Waals surface area contributed by atoms with Crippen LogP contribution in [0.3, 0.4) is 0 Å². The molecule has 1 saturated heterocycles. The molecule has 2 N–H and O–H groups in total. The Morgan fingerprint density at radius 2 is 1.76 bits per heavy atom. The van der Waals surface area contributed by atoms with Crippen LogP contribution in [-0.2, 0) is 0 Å². The zero-order chi connectivity index (χ0) is 28.7. The van der Waals surface area contributed by atoms with Gasteiger partial charge in [-0.05, 0) is 35.9 Å². The number of likely N-dealkylation sites (tertiary alicyclic amines) is 1. The molecule has 0 bridgehead atoms. The van der Waals surface area contributed by atoms with E-state index in [0.717, 1.165) is 10.9 Å². The summed E-state index contributed by atoms with van der Waals surface area (Å²) >= 11 is 0. The van der Waals surface area contributed by atoms with E-state index >= 15 is 0 Å². The van der Waals surface area contributed by atoms with Crippen LogP contribution in [0.5, 0.6) is 17.2 Å². The number of pyridine rings is 2. The molecule has 6 rings (SSSR count). The van der Waals surface area contributed by atoms with Crippen LogP contribution in [0.1, 0.15) is 50.5 Å². The SMILES string of the molecule is COc1cc(C(=O)N2CCC3(CC2)CC(=O)c2cc(-c4cncc(C(N)=O)c4)ccc2O3)nc2c(OC)cccc12. The summed E-state index contributed by atoms with van der Waals surface area (Å²) in [7, 11) is 3.12.